The van der Waals surface area contributed by atoms with Gasteiger partial charge in [-0.15, -0.1) is 0 Å². The first kappa shape index (κ1) is 39.5. The number of aryl methyl sites for hydroxylation is 2. The highest BCUT2D eigenvalue weighted by Gasteiger charge is 2.31. The van der Waals surface area contributed by atoms with E-state index in [1.807, 2.05) is 6.20 Å². The highest BCUT2D eigenvalue weighted by molar-refractivity contribution is 6.23. The van der Waals surface area contributed by atoms with Gasteiger partial charge in [-0.1, -0.05) is 120 Å². The SMILES string of the molecule is Cc1cc(C(C)(C)C)cc(C)c1N1CN(c2cccc(Oc3ccc4c5ccc6c7ccccc7n(-c7ccccc7)c6c5n(-c5cc(C(C)(C)C)ccn5)c4c3)c2)c2ccccc21. The van der Waals surface area contributed by atoms with Crippen LogP contribution in [0.25, 0.3) is 55.1 Å². The Balaban J connectivity index is 1.04. The van der Waals surface area contributed by atoms with Crippen LogP contribution in [0.5, 0.6) is 11.5 Å². The number of para-hydroxylation sites is 4. The minimum atomic E-state index is -0.0641. The molecule has 0 unspecified atom stereocenters. The van der Waals surface area contributed by atoms with Crippen molar-refractivity contribution in [3.05, 3.63) is 186 Å². The molecule has 1 aliphatic rings. The standard InChI is InChI=1S/C58H53N5O/c1-37-31-40(58(6,7)8)32-38(2)54(37)61-36-60(50-23-14-15-24-51(50)61)42-19-16-20-43(34-42)64-44-25-26-46-48-28-27-47-45-21-12-13-22-49(45)62(41-17-10-9-11-18-41)55(47)56(48)63(52(46)35-44)53-33-39(29-30-59-53)57(3,4)5/h9-35H,36H2,1-8H3. The van der Waals surface area contributed by atoms with E-state index in [2.05, 4.69) is 232 Å². The fraction of sp³-hybridized carbons (Fsp3) is 0.190. The van der Waals surface area contributed by atoms with Gasteiger partial charge in [-0.2, -0.15) is 0 Å². The van der Waals surface area contributed by atoms with Gasteiger partial charge in [0.15, 0.2) is 0 Å². The number of aromatic nitrogens is 3. The summed E-state index contributed by atoms with van der Waals surface area (Å²) in [4.78, 5) is 9.96. The molecular weight excluding hydrogens is 783 g/mol. The van der Waals surface area contributed by atoms with Crippen molar-refractivity contribution in [2.24, 2.45) is 0 Å². The Morgan fingerprint density at radius 1 is 0.469 bits per heavy atom. The molecule has 4 heterocycles. The van der Waals surface area contributed by atoms with Gasteiger partial charge < -0.3 is 19.1 Å². The van der Waals surface area contributed by atoms with Gasteiger partial charge in [0.05, 0.1) is 33.4 Å². The molecule has 0 fully saturated rings. The molecule has 7 aromatic carbocycles. The zero-order chi connectivity index (χ0) is 44.1. The summed E-state index contributed by atoms with van der Waals surface area (Å²) < 4.78 is 11.7. The Bertz CT molecular complexity index is 3430. The Kier molecular flexibility index (Phi) is 9.04. The molecule has 0 saturated heterocycles. The topological polar surface area (TPSA) is 38.5 Å². The molecule has 0 N–H and O–H groups in total. The molecule has 0 aliphatic carbocycles. The Morgan fingerprint density at radius 2 is 1.06 bits per heavy atom. The van der Waals surface area contributed by atoms with Crippen molar-refractivity contribution in [1.29, 1.82) is 0 Å². The quantitative estimate of drug-likeness (QED) is 0.167. The van der Waals surface area contributed by atoms with Crippen molar-refractivity contribution in [1.82, 2.24) is 14.1 Å². The molecule has 0 radical (unpaired) electrons. The maximum absolute atomic E-state index is 6.88. The third kappa shape index (κ3) is 6.42. The van der Waals surface area contributed by atoms with Gasteiger partial charge in [0.1, 0.15) is 24.0 Å². The zero-order valence-electron chi connectivity index (χ0n) is 37.9. The molecule has 11 rings (SSSR count). The second kappa shape index (κ2) is 14.6. The molecule has 0 bridgehead atoms. The maximum Gasteiger partial charge on any atom is 0.137 e. The predicted molar refractivity (Wildman–Crippen MR) is 268 cm³/mol. The van der Waals surface area contributed by atoms with E-state index in [1.165, 1.54) is 55.6 Å². The fourth-order valence-electron chi connectivity index (χ4n) is 9.97. The number of hydrogen-bond donors (Lipinski definition) is 0. The van der Waals surface area contributed by atoms with Crippen LogP contribution in [-0.2, 0) is 10.8 Å². The number of benzene rings is 7. The summed E-state index contributed by atoms with van der Waals surface area (Å²) in [5.41, 5.74) is 15.5. The largest absolute Gasteiger partial charge is 0.457 e. The van der Waals surface area contributed by atoms with Crippen LogP contribution in [-0.4, -0.2) is 20.8 Å². The van der Waals surface area contributed by atoms with Crippen LogP contribution in [0.4, 0.5) is 22.7 Å². The molecule has 10 aromatic rings. The Labute approximate surface area is 375 Å². The highest BCUT2D eigenvalue weighted by Crippen LogP contribution is 2.48. The zero-order valence-corrected chi connectivity index (χ0v) is 37.9. The minimum absolute atomic E-state index is 0.0641. The van der Waals surface area contributed by atoms with Crippen LogP contribution >= 0.6 is 0 Å². The molecule has 0 saturated carbocycles. The van der Waals surface area contributed by atoms with E-state index >= 15 is 0 Å². The number of anilines is 4. The van der Waals surface area contributed by atoms with Crippen LogP contribution < -0.4 is 14.5 Å². The normalized spacial score (nSPS) is 13.2. The van der Waals surface area contributed by atoms with Crippen molar-refractivity contribution in [3.8, 4) is 23.0 Å². The summed E-state index contributed by atoms with van der Waals surface area (Å²) in [5, 5.41) is 4.72. The van der Waals surface area contributed by atoms with Crippen LogP contribution in [0.15, 0.2) is 164 Å². The minimum Gasteiger partial charge on any atom is -0.457 e. The van der Waals surface area contributed by atoms with E-state index in [0.717, 1.165) is 56.0 Å². The van der Waals surface area contributed by atoms with Crippen molar-refractivity contribution in [3.63, 3.8) is 0 Å². The van der Waals surface area contributed by atoms with Crippen molar-refractivity contribution < 1.29 is 4.74 Å². The monoisotopic (exact) mass is 835 g/mol. The lowest BCUT2D eigenvalue weighted by Crippen LogP contribution is -2.25. The lowest BCUT2D eigenvalue weighted by molar-refractivity contribution is 0.483. The smallest absolute Gasteiger partial charge is 0.137 e. The summed E-state index contributed by atoms with van der Waals surface area (Å²) in [5.74, 6) is 2.41. The lowest BCUT2D eigenvalue weighted by Gasteiger charge is -2.28. The molecular formula is C58H53N5O. The first-order valence-electron chi connectivity index (χ1n) is 22.4. The van der Waals surface area contributed by atoms with Gasteiger partial charge >= 0.3 is 0 Å². The van der Waals surface area contributed by atoms with Gasteiger partial charge in [-0.3, -0.25) is 4.57 Å². The van der Waals surface area contributed by atoms with Gasteiger partial charge in [-0.05, 0) is 114 Å². The van der Waals surface area contributed by atoms with Crippen LogP contribution in [0.1, 0.15) is 63.8 Å². The second-order valence-electron chi connectivity index (χ2n) is 19.5. The summed E-state index contributed by atoms with van der Waals surface area (Å²) >= 11 is 0. The third-order valence-electron chi connectivity index (χ3n) is 13.1. The number of nitrogens with zero attached hydrogens (tertiary/aromatic N) is 5. The van der Waals surface area contributed by atoms with Gasteiger partial charge in [0.25, 0.3) is 0 Å². The molecule has 0 amide bonds. The molecule has 0 spiro atoms. The van der Waals surface area contributed by atoms with E-state index in [4.69, 9.17) is 9.72 Å². The van der Waals surface area contributed by atoms with Gasteiger partial charge in [-0.25, -0.2) is 4.98 Å². The predicted octanol–water partition coefficient (Wildman–Crippen LogP) is 15.5. The third-order valence-corrected chi connectivity index (χ3v) is 13.1. The molecule has 316 valence electrons. The highest BCUT2D eigenvalue weighted by atomic mass is 16.5. The number of ether oxygens (including phenoxy) is 1. The maximum atomic E-state index is 6.88. The summed E-state index contributed by atoms with van der Waals surface area (Å²) in [6, 6.07) is 56.9. The number of pyridine rings is 1. The average Bonchev–Trinajstić information content (AvgIpc) is 3.94. The van der Waals surface area contributed by atoms with E-state index in [-0.39, 0.29) is 10.8 Å². The van der Waals surface area contributed by atoms with E-state index in [1.54, 1.807) is 0 Å². The lowest BCUT2D eigenvalue weighted by atomic mass is 9.84. The van der Waals surface area contributed by atoms with E-state index in [9.17, 15) is 0 Å². The van der Waals surface area contributed by atoms with Crippen LogP contribution in [0, 0.1) is 13.8 Å². The fourth-order valence-corrected chi connectivity index (χ4v) is 9.97. The van der Waals surface area contributed by atoms with Crippen LogP contribution in [0.3, 0.4) is 0 Å². The molecule has 0 atom stereocenters. The van der Waals surface area contributed by atoms with E-state index in [0.29, 0.717) is 6.67 Å². The number of hydrogen-bond acceptors (Lipinski definition) is 4. The number of fused-ring (bicyclic) bond motifs is 8. The summed E-state index contributed by atoms with van der Waals surface area (Å²) in [7, 11) is 0. The summed E-state index contributed by atoms with van der Waals surface area (Å²) in [6.45, 7) is 18.8. The Morgan fingerprint density at radius 3 is 1.78 bits per heavy atom. The number of rotatable bonds is 6. The van der Waals surface area contributed by atoms with Gasteiger partial charge in [0, 0.05) is 56.9 Å². The molecule has 64 heavy (non-hydrogen) atoms. The van der Waals surface area contributed by atoms with Crippen molar-refractivity contribution >= 4 is 66.4 Å². The first-order chi connectivity index (χ1) is 30.8. The second-order valence-corrected chi connectivity index (χ2v) is 19.5. The van der Waals surface area contributed by atoms with E-state index < -0.39 is 0 Å². The molecule has 6 nitrogen and oxygen atoms in total. The molecule has 6 heteroatoms. The molecule has 3 aromatic heterocycles. The van der Waals surface area contributed by atoms with Crippen molar-refractivity contribution in [2.75, 3.05) is 16.5 Å². The Hall–Kier alpha value is -7.31. The molecule has 1 aliphatic heterocycles. The summed E-state index contributed by atoms with van der Waals surface area (Å²) in [6.07, 6.45) is 1.95. The average molecular weight is 836 g/mol. The van der Waals surface area contributed by atoms with Gasteiger partial charge in [0.2, 0.25) is 0 Å². The van der Waals surface area contributed by atoms with Crippen molar-refractivity contribution in [2.45, 2.75) is 66.2 Å². The van der Waals surface area contributed by atoms with Crippen LogP contribution in [0.2, 0.25) is 0 Å². The first-order valence-corrected chi connectivity index (χ1v) is 22.4.